The SMILES string of the molecule is CCCNc1ncc(F)c(N(CC)Cc2ccco2)n1. The van der Waals surface area contributed by atoms with Crippen LogP contribution in [0.25, 0.3) is 0 Å². The second-order valence-corrected chi connectivity index (χ2v) is 4.39. The molecular formula is C14H19FN4O. The summed E-state index contributed by atoms with van der Waals surface area (Å²) in [5.74, 6) is 1.08. The summed E-state index contributed by atoms with van der Waals surface area (Å²) in [4.78, 5) is 10.0. The van der Waals surface area contributed by atoms with Crippen LogP contribution in [0.2, 0.25) is 0 Å². The number of anilines is 2. The van der Waals surface area contributed by atoms with Crippen LogP contribution in [-0.2, 0) is 6.54 Å². The van der Waals surface area contributed by atoms with Gasteiger partial charge < -0.3 is 14.6 Å². The Morgan fingerprint density at radius 2 is 2.25 bits per heavy atom. The van der Waals surface area contributed by atoms with Gasteiger partial charge in [0, 0.05) is 13.1 Å². The van der Waals surface area contributed by atoms with Gasteiger partial charge in [-0.3, -0.25) is 0 Å². The van der Waals surface area contributed by atoms with Crippen molar-refractivity contribution in [1.29, 1.82) is 0 Å². The maximum atomic E-state index is 13.9. The lowest BCUT2D eigenvalue weighted by atomic mass is 10.3. The highest BCUT2D eigenvalue weighted by atomic mass is 19.1. The second-order valence-electron chi connectivity index (χ2n) is 4.39. The number of rotatable bonds is 7. The molecule has 0 saturated carbocycles. The van der Waals surface area contributed by atoms with Crippen LogP contribution in [0.5, 0.6) is 0 Å². The summed E-state index contributed by atoms with van der Waals surface area (Å²) < 4.78 is 19.2. The molecule has 2 rings (SSSR count). The first kappa shape index (κ1) is 14.3. The average molecular weight is 278 g/mol. The molecule has 0 spiro atoms. The van der Waals surface area contributed by atoms with E-state index >= 15 is 0 Å². The second kappa shape index (κ2) is 6.88. The maximum absolute atomic E-state index is 13.9. The van der Waals surface area contributed by atoms with Crippen molar-refractivity contribution in [1.82, 2.24) is 9.97 Å². The first-order chi connectivity index (χ1) is 9.74. The van der Waals surface area contributed by atoms with Crippen molar-refractivity contribution in [3.63, 3.8) is 0 Å². The lowest BCUT2D eigenvalue weighted by Gasteiger charge is -2.21. The first-order valence-electron chi connectivity index (χ1n) is 6.78. The van der Waals surface area contributed by atoms with E-state index in [0.29, 0.717) is 19.0 Å². The third-order valence-corrected chi connectivity index (χ3v) is 2.87. The van der Waals surface area contributed by atoms with Gasteiger partial charge in [0.15, 0.2) is 11.6 Å². The van der Waals surface area contributed by atoms with Gasteiger partial charge in [0.1, 0.15) is 5.76 Å². The van der Waals surface area contributed by atoms with Crippen LogP contribution in [0.4, 0.5) is 16.2 Å². The minimum absolute atomic E-state index is 0.289. The summed E-state index contributed by atoms with van der Waals surface area (Å²) in [5, 5.41) is 3.06. The minimum Gasteiger partial charge on any atom is -0.467 e. The standard InChI is InChI=1S/C14H19FN4O/c1-3-7-16-14-17-9-12(15)13(18-14)19(4-2)10-11-6-5-8-20-11/h5-6,8-9H,3-4,7,10H2,1-2H3,(H,16,17,18). The molecule has 0 aromatic carbocycles. The Kier molecular flexibility index (Phi) is 4.92. The summed E-state index contributed by atoms with van der Waals surface area (Å²) in [6.45, 7) is 5.86. The summed E-state index contributed by atoms with van der Waals surface area (Å²) >= 11 is 0. The maximum Gasteiger partial charge on any atom is 0.224 e. The van der Waals surface area contributed by atoms with E-state index in [1.807, 2.05) is 30.9 Å². The van der Waals surface area contributed by atoms with E-state index < -0.39 is 5.82 Å². The van der Waals surface area contributed by atoms with Crippen LogP contribution in [-0.4, -0.2) is 23.1 Å². The molecule has 0 fully saturated rings. The molecule has 2 aromatic rings. The quantitative estimate of drug-likeness (QED) is 0.843. The van der Waals surface area contributed by atoms with E-state index in [2.05, 4.69) is 15.3 Å². The fraction of sp³-hybridized carbons (Fsp3) is 0.429. The van der Waals surface area contributed by atoms with Gasteiger partial charge in [-0.25, -0.2) is 9.37 Å². The van der Waals surface area contributed by atoms with E-state index in [0.717, 1.165) is 18.7 Å². The van der Waals surface area contributed by atoms with Gasteiger partial charge in [0.2, 0.25) is 5.95 Å². The van der Waals surface area contributed by atoms with Crippen LogP contribution in [0.15, 0.2) is 29.0 Å². The van der Waals surface area contributed by atoms with E-state index in [-0.39, 0.29) is 5.82 Å². The minimum atomic E-state index is -0.430. The molecule has 0 radical (unpaired) electrons. The molecule has 108 valence electrons. The predicted molar refractivity (Wildman–Crippen MR) is 76.2 cm³/mol. The largest absolute Gasteiger partial charge is 0.467 e. The van der Waals surface area contributed by atoms with Crippen LogP contribution < -0.4 is 10.2 Å². The highest BCUT2D eigenvalue weighted by Crippen LogP contribution is 2.19. The third kappa shape index (κ3) is 3.46. The molecular weight excluding hydrogens is 259 g/mol. The molecule has 2 aromatic heterocycles. The van der Waals surface area contributed by atoms with Gasteiger partial charge in [0.25, 0.3) is 0 Å². The lowest BCUT2D eigenvalue weighted by molar-refractivity contribution is 0.499. The molecule has 20 heavy (non-hydrogen) atoms. The van der Waals surface area contributed by atoms with Gasteiger partial charge in [0.05, 0.1) is 19.0 Å². The molecule has 0 aliphatic rings. The van der Waals surface area contributed by atoms with Gasteiger partial charge in [-0.2, -0.15) is 4.98 Å². The molecule has 2 heterocycles. The number of nitrogens with zero attached hydrogens (tertiary/aromatic N) is 3. The Balaban J connectivity index is 2.19. The number of hydrogen-bond donors (Lipinski definition) is 1. The van der Waals surface area contributed by atoms with Crippen LogP contribution >= 0.6 is 0 Å². The number of aromatic nitrogens is 2. The summed E-state index contributed by atoms with van der Waals surface area (Å²) in [7, 11) is 0. The van der Waals surface area contributed by atoms with E-state index in [4.69, 9.17) is 4.42 Å². The number of furan rings is 1. The highest BCUT2D eigenvalue weighted by molar-refractivity contribution is 5.44. The molecule has 6 heteroatoms. The smallest absolute Gasteiger partial charge is 0.224 e. The number of halogens is 1. The zero-order valence-electron chi connectivity index (χ0n) is 11.8. The van der Waals surface area contributed by atoms with E-state index in [1.54, 1.807) is 6.26 Å². The van der Waals surface area contributed by atoms with Crippen molar-refractivity contribution < 1.29 is 8.81 Å². The van der Waals surface area contributed by atoms with E-state index in [9.17, 15) is 4.39 Å². The van der Waals surface area contributed by atoms with Crippen LogP contribution in [0, 0.1) is 5.82 Å². The Hall–Kier alpha value is -2.11. The zero-order valence-corrected chi connectivity index (χ0v) is 11.8. The summed E-state index contributed by atoms with van der Waals surface area (Å²) in [6, 6.07) is 3.67. The van der Waals surface area contributed by atoms with Gasteiger partial charge in [-0.05, 0) is 25.5 Å². The fourth-order valence-electron chi connectivity index (χ4n) is 1.83. The normalized spacial score (nSPS) is 10.6. The molecule has 5 nitrogen and oxygen atoms in total. The zero-order chi connectivity index (χ0) is 14.4. The summed E-state index contributed by atoms with van der Waals surface area (Å²) in [5.41, 5.74) is 0. The molecule has 0 unspecified atom stereocenters. The Morgan fingerprint density at radius 3 is 2.90 bits per heavy atom. The molecule has 0 aliphatic heterocycles. The summed E-state index contributed by atoms with van der Waals surface area (Å²) in [6.07, 6.45) is 3.76. The Bertz CT molecular complexity index is 530. The molecule has 0 saturated heterocycles. The van der Waals surface area contributed by atoms with Gasteiger partial charge in [-0.15, -0.1) is 0 Å². The van der Waals surface area contributed by atoms with Crippen LogP contribution in [0.1, 0.15) is 26.0 Å². The number of nitrogens with one attached hydrogen (secondary N) is 1. The highest BCUT2D eigenvalue weighted by Gasteiger charge is 2.15. The molecule has 0 aliphatic carbocycles. The number of hydrogen-bond acceptors (Lipinski definition) is 5. The van der Waals surface area contributed by atoms with Gasteiger partial charge >= 0.3 is 0 Å². The average Bonchev–Trinajstić information content (AvgIpc) is 2.97. The van der Waals surface area contributed by atoms with Crippen molar-refractivity contribution >= 4 is 11.8 Å². The molecule has 0 bridgehead atoms. The van der Waals surface area contributed by atoms with E-state index in [1.165, 1.54) is 6.20 Å². The van der Waals surface area contributed by atoms with Crippen molar-refractivity contribution in [2.24, 2.45) is 0 Å². The van der Waals surface area contributed by atoms with Crippen molar-refractivity contribution in [2.45, 2.75) is 26.8 Å². The Labute approximate surface area is 117 Å². The Morgan fingerprint density at radius 1 is 1.40 bits per heavy atom. The first-order valence-corrected chi connectivity index (χ1v) is 6.78. The fourth-order valence-corrected chi connectivity index (χ4v) is 1.83. The third-order valence-electron chi connectivity index (χ3n) is 2.87. The molecule has 0 amide bonds. The predicted octanol–water partition coefficient (Wildman–Crippen LogP) is 3.06. The van der Waals surface area contributed by atoms with Crippen molar-refractivity contribution in [3.8, 4) is 0 Å². The lowest BCUT2D eigenvalue weighted by Crippen LogP contribution is -2.24. The van der Waals surface area contributed by atoms with Crippen molar-refractivity contribution in [3.05, 3.63) is 36.2 Å². The van der Waals surface area contributed by atoms with Crippen LogP contribution in [0.3, 0.4) is 0 Å². The monoisotopic (exact) mass is 278 g/mol. The topological polar surface area (TPSA) is 54.2 Å². The van der Waals surface area contributed by atoms with Crippen molar-refractivity contribution in [2.75, 3.05) is 23.3 Å². The molecule has 0 atom stereocenters. The van der Waals surface area contributed by atoms with Gasteiger partial charge in [-0.1, -0.05) is 6.92 Å². The molecule has 1 N–H and O–H groups in total.